The first kappa shape index (κ1) is 14.6. The zero-order chi connectivity index (χ0) is 13.4. The first-order valence-electron chi connectivity index (χ1n) is 6.43. The third kappa shape index (κ3) is 3.81. The standard InChI is InChI=1S/C14H24N2O2/c1-4-9-16(10-5-8-15)12-6-7-13(17-2)14(11-12)18-3/h6-7,11H,4-5,8-10,15H2,1-3H3. The van der Waals surface area contributed by atoms with Gasteiger partial charge in [0.25, 0.3) is 0 Å². The van der Waals surface area contributed by atoms with Gasteiger partial charge in [-0.25, -0.2) is 0 Å². The molecule has 1 aromatic rings. The van der Waals surface area contributed by atoms with Crippen LogP contribution in [-0.4, -0.2) is 33.9 Å². The number of nitrogens with zero attached hydrogens (tertiary/aromatic N) is 1. The summed E-state index contributed by atoms with van der Waals surface area (Å²) in [5.74, 6) is 1.53. The van der Waals surface area contributed by atoms with Crippen LogP contribution in [0.2, 0.25) is 0 Å². The average molecular weight is 252 g/mol. The lowest BCUT2D eigenvalue weighted by Gasteiger charge is -2.25. The summed E-state index contributed by atoms with van der Waals surface area (Å²) in [4.78, 5) is 2.33. The Morgan fingerprint density at radius 3 is 2.39 bits per heavy atom. The van der Waals surface area contributed by atoms with E-state index in [1.807, 2.05) is 12.1 Å². The molecule has 0 saturated heterocycles. The van der Waals surface area contributed by atoms with Crippen molar-refractivity contribution in [1.29, 1.82) is 0 Å². The average Bonchev–Trinajstić information content (AvgIpc) is 2.42. The Morgan fingerprint density at radius 1 is 1.11 bits per heavy atom. The van der Waals surface area contributed by atoms with Crippen LogP contribution in [0, 0.1) is 0 Å². The lowest BCUT2D eigenvalue weighted by Crippen LogP contribution is -2.26. The van der Waals surface area contributed by atoms with Crippen LogP contribution in [0.5, 0.6) is 11.5 Å². The van der Waals surface area contributed by atoms with E-state index >= 15 is 0 Å². The van der Waals surface area contributed by atoms with Crippen LogP contribution in [0.1, 0.15) is 19.8 Å². The van der Waals surface area contributed by atoms with Crippen molar-refractivity contribution in [3.8, 4) is 11.5 Å². The van der Waals surface area contributed by atoms with Crippen LogP contribution in [0.15, 0.2) is 18.2 Å². The minimum Gasteiger partial charge on any atom is -0.493 e. The van der Waals surface area contributed by atoms with Crippen molar-refractivity contribution in [2.24, 2.45) is 5.73 Å². The molecule has 0 spiro atoms. The molecule has 4 nitrogen and oxygen atoms in total. The quantitative estimate of drug-likeness (QED) is 0.771. The fraction of sp³-hybridized carbons (Fsp3) is 0.571. The predicted octanol–water partition coefficient (Wildman–Crippen LogP) is 2.27. The van der Waals surface area contributed by atoms with E-state index in [4.69, 9.17) is 15.2 Å². The van der Waals surface area contributed by atoms with Crippen molar-refractivity contribution >= 4 is 5.69 Å². The second-order valence-electron chi connectivity index (χ2n) is 4.17. The van der Waals surface area contributed by atoms with Gasteiger partial charge in [-0.15, -0.1) is 0 Å². The molecule has 0 aliphatic rings. The van der Waals surface area contributed by atoms with Gasteiger partial charge in [0.15, 0.2) is 11.5 Å². The highest BCUT2D eigenvalue weighted by molar-refractivity contribution is 5.56. The summed E-state index contributed by atoms with van der Waals surface area (Å²) in [6.45, 7) is 4.89. The second kappa shape index (κ2) is 7.82. The number of hydrogen-bond acceptors (Lipinski definition) is 4. The summed E-state index contributed by atoms with van der Waals surface area (Å²) in [6, 6.07) is 6.03. The molecule has 0 saturated carbocycles. The van der Waals surface area contributed by atoms with Crippen molar-refractivity contribution in [2.45, 2.75) is 19.8 Å². The van der Waals surface area contributed by atoms with Crippen molar-refractivity contribution in [3.63, 3.8) is 0 Å². The van der Waals surface area contributed by atoms with Crippen molar-refractivity contribution in [2.75, 3.05) is 38.8 Å². The first-order chi connectivity index (χ1) is 8.76. The maximum absolute atomic E-state index is 5.58. The molecule has 102 valence electrons. The number of methoxy groups -OCH3 is 2. The van der Waals surface area contributed by atoms with Gasteiger partial charge in [0.05, 0.1) is 14.2 Å². The van der Waals surface area contributed by atoms with Crippen molar-refractivity contribution in [3.05, 3.63) is 18.2 Å². The minimum absolute atomic E-state index is 0.716. The molecular formula is C14H24N2O2. The molecule has 4 heteroatoms. The second-order valence-corrected chi connectivity index (χ2v) is 4.17. The van der Waals surface area contributed by atoms with E-state index in [9.17, 15) is 0 Å². The molecule has 0 aromatic heterocycles. The molecule has 18 heavy (non-hydrogen) atoms. The maximum atomic E-state index is 5.58. The minimum atomic E-state index is 0.716. The molecule has 0 amide bonds. The van der Waals surface area contributed by atoms with E-state index in [1.165, 1.54) is 0 Å². The van der Waals surface area contributed by atoms with Gasteiger partial charge in [-0.2, -0.15) is 0 Å². The van der Waals surface area contributed by atoms with Crippen LogP contribution in [0.3, 0.4) is 0 Å². The highest BCUT2D eigenvalue weighted by Crippen LogP contribution is 2.31. The Hall–Kier alpha value is -1.42. The normalized spacial score (nSPS) is 10.2. The smallest absolute Gasteiger partial charge is 0.162 e. The van der Waals surface area contributed by atoms with Gasteiger partial charge in [0.2, 0.25) is 0 Å². The summed E-state index contributed by atoms with van der Waals surface area (Å²) in [5.41, 5.74) is 6.74. The van der Waals surface area contributed by atoms with Crippen LogP contribution < -0.4 is 20.1 Å². The molecule has 0 unspecified atom stereocenters. The molecule has 0 bridgehead atoms. The number of anilines is 1. The molecule has 0 atom stereocenters. The Kier molecular flexibility index (Phi) is 6.36. The van der Waals surface area contributed by atoms with E-state index < -0.39 is 0 Å². The van der Waals surface area contributed by atoms with Gasteiger partial charge in [-0.3, -0.25) is 0 Å². The number of ether oxygens (including phenoxy) is 2. The Bertz CT molecular complexity index is 356. The van der Waals surface area contributed by atoms with Gasteiger partial charge in [0, 0.05) is 24.8 Å². The zero-order valence-electron chi connectivity index (χ0n) is 11.6. The van der Waals surface area contributed by atoms with Gasteiger partial charge in [-0.1, -0.05) is 6.92 Å². The van der Waals surface area contributed by atoms with E-state index in [-0.39, 0.29) is 0 Å². The van der Waals surface area contributed by atoms with Gasteiger partial charge >= 0.3 is 0 Å². The van der Waals surface area contributed by atoms with Crippen molar-refractivity contribution < 1.29 is 9.47 Å². The molecule has 1 rings (SSSR count). The fourth-order valence-corrected chi connectivity index (χ4v) is 1.94. The molecule has 0 radical (unpaired) electrons. The highest BCUT2D eigenvalue weighted by atomic mass is 16.5. The maximum Gasteiger partial charge on any atom is 0.162 e. The third-order valence-electron chi connectivity index (χ3n) is 2.86. The largest absolute Gasteiger partial charge is 0.493 e. The summed E-state index contributed by atoms with van der Waals surface area (Å²) in [6.07, 6.45) is 2.10. The monoisotopic (exact) mass is 252 g/mol. The van der Waals surface area contributed by atoms with Crippen LogP contribution >= 0.6 is 0 Å². The molecule has 0 heterocycles. The first-order valence-corrected chi connectivity index (χ1v) is 6.43. The van der Waals surface area contributed by atoms with E-state index in [0.717, 1.165) is 43.1 Å². The molecule has 1 aromatic carbocycles. The van der Waals surface area contributed by atoms with Crippen LogP contribution in [-0.2, 0) is 0 Å². The van der Waals surface area contributed by atoms with E-state index in [0.29, 0.717) is 6.54 Å². The number of rotatable bonds is 8. The highest BCUT2D eigenvalue weighted by Gasteiger charge is 2.09. The third-order valence-corrected chi connectivity index (χ3v) is 2.86. The molecule has 2 N–H and O–H groups in total. The zero-order valence-corrected chi connectivity index (χ0v) is 11.6. The van der Waals surface area contributed by atoms with E-state index in [2.05, 4.69) is 17.9 Å². The summed E-state index contributed by atoms with van der Waals surface area (Å²) in [5, 5.41) is 0. The fourth-order valence-electron chi connectivity index (χ4n) is 1.94. The van der Waals surface area contributed by atoms with Gasteiger partial charge < -0.3 is 20.1 Å². The Balaban J connectivity index is 2.89. The summed E-state index contributed by atoms with van der Waals surface area (Å²) in [7, 11) is 3.31. The number of nitrogens with two attached hydrogens (primary N) is 1. The number of benzene rings is 1. The van der Waals surface area contributed by atoms with Gasteiger partial charge in [0.1, 0.15) is 0 Å². The van der Waals surface area contributed by atoms with Gasteiger partial charge in [-0.05, 0) is 31.5 Å². The molecule has 0 fully saturated rings. The molecular weight excluding hydrogens is 228 g/mol. The SMILES string of the molecule is CCCN(CCCN)c1ccc(OC)c(OC)c1. The lowest BCUT2D eigenvalue weighted by molar-refractivity contribution is 0.355. The number of hydrogen-bond donors (Lipinski definition) is 1. The molecule has 0 aliphatic carbocycles. The Morgan fingerprint density at radius 2 is 1.83 bits per heavy atom. The van der Waals surface area contributed by atoms with Crippen LogP contribution in [0.4, 0.5) is 5.69 Å². The van der Waals surface area contributed by atoms with Crippen LogP contribution in [0.25, 0.3) is 0 Å². The van der Waals surface area contributed by atoms with E-state index in [1.54, 1.807) is 14.2 Å². The topological polar surface area (TPSA) is 47.7 Å². The summed E-state index contributed by atoms with van der Waals surface area (Å²) >= 11 is 0. The van der Waals surface area contributed by atoms with Crippen molar-refractivity contribution in [1.82, 2.24) is 0 Å². The molecule has 0 aliphatic heterocycles. The Labute approximate surface area is 110 Å². The summed E-state index contributed by atoms with van der Waals surface area (Å²) < 4.78 is 10.6. The lowest BCUT2D eigenvalue weighted by atomic mass is 10.2. The predicted molar refractivity (Wildman–Crippen MR) is 75.7 cm³/mol.